The zero-order valence-electron chi connectivity index (χ0n) is 15.8. The first-order valence-corrected chi connectivity index (χ1v) is 9.33. The number of hydrogen-bond acceptors (Lipinski definition) is 3. The van der Waals surface area contributed by atoms with Crippen LogP contribution in [0.25, 0.3) is 27.8 Å². The van der Waals surface area contributed by atoms with Crippen molar-refractivity contribution in [3.63, 3.8) is 0 Å². The molecule has 0 aliphatic carbocycles. The van der Waals surface area contributed by atoms with Crippen LogP contribution in [-0.2, 0) is 0 Å². The van der Waals surface area contributed by atoms with Crippen molar-refractivity contribution in [3.05, 3.63) is 72.4 Å². The van der Waals surface area contributed by atoms with Crippen molar-refractivity contribution in [2.45, 2.75) is 6.42 Å². The van der Waals surface area contributed by atoms with Gasteiger partial charge in [0.25, 0.3) is 0 Å². The fourth-order valence-electron chi connectivity index (χ4n) is 3.33. The van der Waals surface area contributed by atoms with Gasteiger partial charge in [0, 0.05) is 30.1 Å². The van der Waals surface area contributed by atoms with E-state index >= 15 is 0 Å². The van der Waals surface area contributed by atoms with Gasteiger partial charge in [-0.15, -0.1) is 0 Å². The largest absolute Gasteiger partial charge is 0.312 e. The highest BCUT2D eigenvalue weighted by atomic mass is 15.0. The van der Waals surface area contributed by atoms with E-state index in [-0.39, 0.29) is 0 Å². The Hall–Kier alpha value is -2.98. The lowest BCUT2D eigenvalue weighted by molar-refractivity contribution is 0.403. The molecular weight excluding hydrogens is 332 g/mol. The molecule has 2 heterocycles. The number of fused-ring (bicyclic) bond motifs is 3. The van der Waals surface area contributed by atoms with E-state index in [4.69, 9.17) is 4.98 Å². The summed E-state index contributed by atoms with van der Waals surface area (Å²) >= 11 is 0. The Labute approximate surface area is 159 Å². The Morgan fingerprint density at radius 2 is 1.78 bits per heavy atom. The van der Waals surface area contributed by atoms with Crippen molar-refractivity contribution in [2.24, 2.45) is 4.99 Å². The molecule has 0 atom stereocenters. The predicted octanol–water partition coefficient (Wildman–Crippen LogP) is 4.53. The summed E-state index contributed by atoms with van der Waals surface area (Å²) in [5.74, 6) is 0. The Morgan fingerprint density at radius 3 is 2.59 bits per heavy atom. The van der Waals surface area contributed by atoms with E-state index in [1.165, 1.54) is 0 Å². The Morgan fingerprint density at radius 1 is 1.00 bits per heavy atom. The first-order chi connectivity index (χ1) is 13.2. The molecule has 0 N–H and O–H groups in total. The minimum absolute atomic E-state index is 0.842. The van der Waals surface area contributed by atoms with Gasteiger partial charge in [0.1, 0.15) is 0 Å². The van der Waals surface area contributed by atoms with E-state index < -0.39 is 0 Å². The molecule has 2 aromatic carbocycles. The van der Waals surface area contributed by atoms with Gasteiger partial charge in [-0.25, -0.2) is 4.98 Å². The molecule has 4 nitrogen and oxygen atoms in total. The van der Waals surface area contributed by atoms with Gasteiger partial charge in [-0.2, -0.15) is 0 Å². The second-order valence-electron chi connectivity index (χ2n) is 7.04. The molecule has 0 aliphatic rings. The van der Waals surface area contributed by atoms with Gasteiger partial charge >= 0.3 is 0 Å². The number of hydrogen-bond donors (Lipinski definition) is 0. The highest BCUT2D eigenvalue weighted by molar-refractivity contribution is 5.92. The molecule has 27 heavy (non-hydrogen) atoms. The third-order valence-corrected chi connectivity index (χ3v) is 4.64. The number of aromatic nitrogens is 2. The number of benzene rings is 2. The third-order valence-electron chi connectivity index (χ3n) is 4.64. The van der Waals surface area contributed by atoms with Crippen molar-refractivity contribution in [2.75, 3.05) is 27.2 Å². The Bertz CT molecular complexity index is 1080. The van der Waals surface area contributed by atoms with E-state index in [1.807, 2.05) is 18.3 Å². The van der Waals surface area contributed by atoms with Gasteiger partial charge < -0.3 is 9.30 Å². The highest BCUT2D eigenvalue weighted by Gasteiger charge is 2.11. The number of para-hydroxylation sites is 2. The predicted molar refractivity (Wildman–Crippen MR) is 114 cm³/mol. The van der Waals surface area contributed by atoms with Crippen LogP contribution in [0.5, 0.6) is 0 Å². The van der Waals surface area contributed by atoms with Crippen LogP contribution in [0, 0.1) is 0 Å². The summed E-state index contributed by atoms with van der Waals surface area (Å²) in [6.45, 7) is 1.90. The smallest absolute Gasteiger partial charge is 0.0950 e. The maximum absolute atomic E-state index is 4.95. The standard InChI is InChI=1S/C23H24N4/c1-26(2)14-8-13-24-16-18-15-22-23(19-9-4-3-5-10-19)25-20-11-6-7-12-21(20)27(22)17-18/h3-7,9-12,15-17H,8,13-14H2,1-2H3. The average molecular weight is 356 g/mol. The van der Waals surface area contributed by atoms with E-state index in [0.29, 0.717) is 0 Å². The summed E-state index contributed by atoms with van der Waals surface area (Å²) in [6, 6.07) is 20.8. The average Bonchev–Trinajstić information content (AvgIpc) is 3.12. The molecule has 0 spiro atoms. The molecule has 4 heteroatoms. The quantitative estimate of drug-likeness (QED) is 0.376. The monoisotopic (exact) mass is 356 g/mol. The van der Waals surface area contributed by atoms with Crippen LogP contribution in [0.15, 0.2) is 71.9 Å². The van der Waals surface area contributed by atoms with Crippen LogP contribution in [0.2, 0.25) is 0 Å². The minimum atomic E-state index is 0.842. The van der Waals surface area contributed by atoms with Crippen LogP contribution < -0.4 is 0 Å². The van der Waals surface area contributed by atoms with Crippen LogP contribution in [0.1, 0.15) is 12.0 Å². The van der Waals surface area contributed by atoms with Crippen molar-refractivity contribution < 1.29 is 0 Å². The molecule has 0 unspecified atom stereocenters. The lowest BCUT2D eigenvalue weighted by Gasteiger charge is -2.08. The first kappa shape index (κ1) is 17.4. The highest BCUT2D eigenvalue weighted by Crippen LogP contribution is 2.27. The van der Waals surface area contributed by atoms with Crippen molar-refractivity contribution in [1.82, 2.24) is 14.3 Å². The molecule has 0 fully saturated rings. The normalized spacial score (nSPS) is 12.0. The Balaban J connectivity index is 1.76. The molecule has 4 rings (SSSR count). The zero-order valence-corrected chi connectivity index (χ0v) is 15.8. The van der Waals surface area contributed by atoms with E-state index in [9.17, 15) is 0 Å². The second-order valence-corrected chi connectivity index (χ2v) is 7.04. The van der Waals surface area contributed by atoms with Gasteiger partial charge in [-0.1, -0.05) is 42.5 Å². The maximum atomic E-state index is 4.95. The first-order valence-electron chi connectivity index (χ1n) is 9.33. The second kappa shape index (κ2) is 7.72. The van der Waals surface area contributed by atoms with Crippen LogP contribution in [0.4, 0.5) is 0 Å². The summed E-state index contributed by atoms with van der Waals surface area (Å²) in [7, 11) is 4.18. The van der Waals surface area contributed by atoms with Crippen LogP contribution >= 0.6 is 0 Å². The number of nitrogens with zero attached hydrogens (tertiary/aromatic N) is 4. The maximum Gasteiger partial charge on any atom is 0.0950 e. The molecule has 4 aromatic rings. The van der Waals surface area contributed by atoms with Gasteiger partial charge in [-0.05, 0) is 45.3 Å². The van der Waals surface area contributed by atoms with E-state index in [2.05, 4.69) is 83.1 Å². The molecule has 0 aliphatic heterocycles. The summed E-state index contributed by atoms with van der Waals surface area (Å²) in [5.41, 5.74) is 6.44. The minimum Gasteiger partial charge on any atom is -0.312 e. The molecule has 0 saturated carbocycles. The molecule has 2 aromatic heterocycles. The van der Waals surface area contributed by atoms with Gasteiger partial charge in [-0.3, -0.25) is 4.99 Å². The fraction of sp³-hybridized carbons (Fsp3) is 0.217. The number of rotatable bonds is 6. The van der Waals surface area contributed by atoms with E-state index in [0.717, 1.165) is 52.9 Å². The summed E-state index contributed by atoms with van der Waals surface area (Å²) < 4.78 is 2.23. The third kappa shape index (κ3) is 3.76. The van der Waals surface area contributed by atoms with Crippen LogP contribution in [-0.4, -0.2) is 47.7 Å². The molecular formula is C23H24N4. The Kier molecular flexibility index (Phi) is 4.99. The topological polar surface area (TPSA) is 32.9 Å². The lowest BCUT2D eigenvalue weighted by atomic mass is 10.1. The molecule has 0 amide bonds. The zero-order chi connectivity index (χ0) is 18.6. The lowest BCUT2D eigenvalue weighted by Crippen LogP contribution is -2.13. The van der Waals surface area contributed by atoms with Crippen molar-refractivity contribution in [1.29, 1.82) is 0 Å². The van der Waals surface area contributed by atoms with Gasteiger partial charge in [0.2, 0.25) is 0 Å². The summed E-state index contributed by atoms with van der Waals surface area (Å²) in [5, 5.41) is 0. The number of aliphatic imine (C=N–C) groups is 1. The molecule has 0 bridgehead atoms. The van der Waals surface area contributed by atoms with Crippen molar-refractivity contribution in [3.8, 4) is 11.3 Å². The summed E-state index contributed by atoms with van der Waals surface area (Å²) in [6.07, 6.45) is 5.20. The fourth-order valence-corrected chi connectivity index (χ4v) is 3.33. The summed E-state index contributed by atoms with van der Waals surface area (Å²) in [4.78, 5) is 11.7. The van der Waals surface area contributed by atoms with Crippen molar-refractivity contribution >= 4 is 22.8 Å². The SMILES string of the molecule is CN(C)CCCN=Cc1cc2c(-c3ccccc3)nc3ccccc3n2c1. The molecule has 0 radical (unpaired) electrons. The molecule has 136 valence electrons. The van der Waals surface area contributed by atoms with E-state index in [1.54, 1.807) is 0 Å². The van der Waals surface area contributed by atoms with Crippen LogP contribution in [0.3, 0.4) is 0 Å². The van der Waals surface area contributed by atoms with Gasteiger partial charge in [0.15, 0.2) is 0 Å². The molecule has 0 saturated heterocycles. The van der Waals surface area contributed by atoms with Gasteiger partial charge in [0.05, 0.1) is 22.2 Å².